The third-order valence-corrected chi connectivity index (χ3v) is 11.6. The molecule has 2 rings (SSSR count). The van der Waals surface area contributed by atoms with Gasteiger partial charge < -0.3 is 64.2 Å². The van der Waals surface area contributed by atoms with Crippen molar-refractivity contribution in [3.05, 3.63) is 97.2 Å². The lowest BCUT2D eigenvalue weighted by molar-refractivity contribution is -0.332. The molecule has 2 aliphatic heterocycles. The number of aliphatic hydroxyl groups excluding tert-OH is 7. The number of carbonyl (C=O) groups is 2. The summed E-state index contributed by atoms with van der Waals surface area (Å²) in [5.41, 5.74) is 0. The maximum atomic E-state index is 13.0. The van der Waals surface area contributed by atoms with Crippen LogP contribution in [0.2, 0.25) is 0 Å². The molecule has 2 fully saturated rings. The highest BCUT2D eigenvalue weighted by molar-refractivity contribution is 5.70. The third kappa shape index (κ3) is 28.5. The standard InChI is InChI=1S/C55H88O15/c1-3-5-7-9-11-13-15-17-19-20-21-22-24-26-28-30-32-34-36-38-47(58)68-43(40-65-46(57)37-35-33-31-29-27-25-23-18-16-14-12-10-8-6-4-2)41-66-54-53(64)51(62)49(60)45(70-54)42-67-55-52(63)50(61)48(59)44(39-56)69-55/h5-8,11-14,17-19,21-23,26,28,43-45,48-56,59-64H,3-4,9-10,15-16,20,24-25,27,29-42H2,1-2H3/b7-5-,8-6-,13-11-,14-12-,19-17-,22-21-,23-18-,28-26-. The number of rotatable bonds is 38. The highest BCUT2D eigenvalue weighted by Crippen LogP contribution is 2.26. The van der Waals surface area contributed by atoms with Crippen molar-refractivity contribution in [2.24, 2.45) is 0 Å². The van der Waals surface area contributed by atoms with Gasteiger partial charge in [0.15, 0.2) is 18.7 Å². The van der Waals surface area contributed by atoms with E-state index >= 15 is 0 Å². The lowest BCUT2D eigenvalue weighted by Gasteiger charge is -2.42. The van der Waals surface area contributed by atoms with Crippen LogP contribution in [0.3, 0.4) is 0 Å². The summed E-state index contributed by atoms with van der Waals surface area (Å²) in [4.78, 5) is 25.8. The average Bonchev–Trinajstić information content (AvgIpc) is 3.35. The van der Waals surface area contributed by atoms with Crippen LogP contribution in [0.5, 0.6) is 0 Å². The van der Waals surface area contributed by atoms with Gasteiger partial charge in [-0.1, -0.05) is 137 Å². The van der Waals surface area contributed by atoms with Gasteiger partial charge >= 0.3 is 11.9 Å². The monoisotopic (exact) mass is 989 g/mol. The molecule has 0 spiro atoms. The maximum Gasteiger partial charge on any atom is 0.306 e. The summed E-state index contributed by atoms with van der Waals surface area (Å²) in [7, 11) is 0. The number of hydrogen-bond acceptors (Lipinski definition) is 15. The molecular weight excluding hydrogens is 901 g/mol. The molecule has 0 bridgehead atoms. The van der Waals surface area contributed by atoms with E-state index < -0.39 is 99.3 Å². The van der Waals surface area contributed by atoms with Gasteiger partial charge in [-0.15, -0.1) is 0 Å². The minimum Gasteiger partial charge on any atom is -0.462 e. The molecule has 0 aromatic rings. The van der Waals surface area contributed by atoms with E-state index in [-0.39, 0.29) is 19.4 Å². The fourth-order valence-corrected chi connectivity index (χ4v) is 7.37. The van der Waals surface area contributed by atoms with E-state index in [0.717, 1.165) is 103 Å². The van der Waals surface area contributed by atoms with Crippen LogP contribution >= 0.6 is 0 Å². The van der Waals surface area contributed by atoms with E-state index in [1.807, 2.05) is 0 Å². The summed E-state index contributed by atoms with van der Waals surface area (Å²) in [6.45, 7) is 2.28. The fraction of sp³-hybridized carbons (Fsp3) is 0.673. The number of unbranched alkanes of at least 4 members (excludes halogenated alkanes) is 8. The smallest absolute Gasteiger partial charge is 0.306 e. The Labute approximate surface area is 417 Å². The Morgan fingerprint density at radius 2 is 0.857 bits per heavy atom. The average molecular weight is 989 g/mol. The molecule has 2 heterocycles. The Balaban J connectivity index is 1.84. The van der Waals surface area contributed by atoms with Gasteiger partial charge in [-0.2, -0.15) is 0 Å². The Bertz CT molecular complexity index is 1580. The van der Waals surface area contributed by atoms with E-state index in [1.165, 1.54) is 0 Å². The second kappa shape index (κ2) is 41.0. The van der Waals surface area contributed by atoms with Crippen LogP contribution in [-0.2, 0) is 38.0 Å². The molecule has 70 heavy (non-hydrogen) atoms. The molecule has 2 saturated heterocycles. The number of allylic oxidation sites excluding steroid dienone is 16. The molecule has 2 aliphatic rings. The highest BCUT2D eigenvalue weighted by atomic mass is 16.7. The van der Waals surface area contributed by atoms with Gasteiger partial charge in [-0.25, -0.2) is 0 Å². The van der Waals surface area contributed by atoms with E-state index in [1.54, 1.807) is 0 Å². The number of esters is 2. The summed E-state index contributed by atoms with van der Waals surface area (Å²) < 4.78 is 33.5. The quantitative estimate of drug-likeness (QED) is 0.0182. The SMILES string of the molecule is CC/C=C\C/C=C\C/C=C\C/C=C\C/C=C\CCCCCC(=O)OC(COC(=O)CCCCCCC/C=C\C/C=C\C/C=C\CC)COC1OC(COC2OC(CO)C(O)C(O)C2O)C(O)C(O)C1O. The van der Waals surface area contributed by atoms with Crippen molar-refractivity contribution < 1.29 is 73.8 Å². The summed E-state index contributed by atoms with van der Waals surface area (Å²) in [5.74, 6) is -0.993. The topological polar surface area (TPSA) is 231 Å². The van der Waals surface area contributed by atoms with Gasteiger partial charge in [0.1, 0.15) is 55.4 Å². The number of aliphatic hydroxyl groups is 7. The predicted octanol–water partition coefficient (Wildman–Crippen LogP) is 7.37. The zero-order valence-corrected chi connectivity index (χ0v) is 42.0. The number of hydrogen-bond donors (Lipinski definition) is 7. The van der Waals surface area contributed by atoms with Crippen molar-refractivity contribution in [3.63, 3.8) is 0 Å². The van der Waals surface area contributed by atoms with Crippen molar-refractivity contribution >= 4 is 11.9 Å². The lowest BCUT2D eigenvalue weighted by atomic mass is 9.98. The Hall–Kier alpha value is -3.58. The third-order valence-electron chi connectivity index (χ3n) is 11.6. The zero-order valence-electron chi connectivity index (χ0n) is 42.0. The van der Waals surface area contributed by atoms with Crippen molar-refractivity contribution in [3.8, 4) is 0 Å². The second-order valence-corrected chi connectivity index (χ2v) is 17.6. The molecule has 11 unspecified atom stereocenters. The van der Waals surface area contributed by atoms with Gasteiger partial charge in [0, 0.05) is 12.8 Å². The minimum absolute atomic E-state index is 0.116. The van der Waals surface area contributed by atoms with Gasteiger partial charge in [0.2, 0.25) is 0 Å². The molecule has 0 aromatic carbocycles. The molecule has 15 heteroatoms. The van der Waals surface area contributed by atoms with Crippen LogP contribution in [0.25, 0.3) is 0 Å². The van der Waals surface area contributed by atoms with Crippen LogP contribution in [0.4, 0.5) is 0 Å². The van der Waals surface area contributed by atoms with Crippen molar-refractivity contribution in [1.82, 2.24) is 0 Å². The maximum absolute atomic E-state index is 13.0. The fourth-order valence-electron chi connectivity index (χ4n) is 7.37. The molecular formula is C55H88O15. The van der Waals surface area contributed by atoms with Crippen LogP contribution < -0.4 is 0 Å². The van der Waals surface area contributed by atoms with Crippen LogP contribution in [0, 0.1) is 0 Å². The molecule has 11 atom stereocenters. The Morgan fingerprint density at radius 3 is 1.36 bits per heavy atom. The first-order chi connectivity index (χ1) is 34.0. The summed E-state index contributed by atoms with van der Waals surface area (Å²) >= 11 is 0. The van der Waals surface area contributed by atoms with Crippen molar-refractivity contribution in [2.75, 3.05) is 26.4 Å². The Kier molecular flexibility index (Phi) is 36.6. The zero-order chi connectivity index (χ0) is 51.0. The first kappa shape index (κ1) is 62.5. The van der Waals surface area contributed by atoms with E-state index in [2.05, 4.69) is 111 Å². The van der Waals surface area contributed by atoms with E-state index in [9.17, 15) is 45.3 Å². The first-order valence-corrected chi connectivity index (χ1v) is 25.8. The van der Waals surface area contributed by atoms with E-state index in [4.69, 9.17) is 28.4 Å². The lowest BCUT2D eigenvalue weighted by Crippen LogP contribution is -2.61. The Morgan fingerprint density at radius 1 is 0.457 bits per heavy atom. The van der Waals surface area contributed by atoms with Gasteiger partial charge in [-0.3, -0.25) is 9.59 Å². The molecule has 0 amide bonds. The molecule has 0 radical (unpaired) electrons. The van der Waals surface area contributed by atoms with Gasteiger partial charge in [-0.05, 0) is 89.9 Å². The molecule has 15 nitrogen and oxygen atoms in total. The summed E-state index contributed by atoms with van der Waals surface area (Å²) in [6, 6.07) is 0. The van der Waals surface area contributed by atoms with Crippen molar-refractivity contribution in [1.29, 1.82) is 0 Å². The highest BCUT2D eigenvalue weighted by Gasteiger charge is 2.47. The predicted molar refractivity (Wildman–Crippen MR) is 270 cm³/mol. The minimum atomic E-state index is -1.78. The molecule has 0 saturated carbocycles. The first-order valence-electron chi connectivity index (χ1n) is 25.8. The molecule has 398 valence electrons. The molecule has 0 aliphatic carbocycles. The summed E-state index contributed by atoms with van der Waals surface area (Å²) in [6.07, 6.45) is 34.3. The van der Waals surface area contributed by atoms with Gasteiger partial charge in [0.05, 0.1) is 19.8 Å². The largest absolute Gasteiger partial charge is 0.462 e. The van der Waals surface area contributed by atoms with Gasteiger partial charge in [0.25, 0.3) is 0 Å². The van der Waals surface area contributed by atoms with Crippen LogP contribution in [0.1, 0.15) is 142 Å². The normalized spacial score (nSPS) is 26.2. The molecule has 0 aromatic heterocycles. The van der Waals surface area contributed by atoms with Crippen LogP contribution in [-0.4, -0.2) is 142 Å². The second-order valence-electron chi connectivity index (χ2n) is 17.6. The molecule has 7 N–H and O–H groups in total. The summed E-state index contributed by atoms with van der Waals surface area (Å²) in [5, 5.41) is 72.1. The number of ether oxygens (including phenoxy) is 6. The van der Waals surface area contributed by atoms with Crippen molar-refractivity contribution in [2.45, 2.75) is 210 Å². The van der Waals surface area contributed by atoms with Crippen LogP contribution in [0.15, 0.2) is 97.2 Å². The number of carbonyl (C=O) groups excluding carboxylic acids is 2. The van der Waals surface area contributed by atoms with E-state index in [0.29, 0.717) is 12.8 Å².